The van der Waals surface area contributed by atoms with Gasteiger partial charge >= 0.3 is 0 Å². The van der Waals surface area contributed by atoms with Crippen molar-refractivity contribution in [2.24, 2.45) is 0 Å². The van der Waals surface area contributed by atoms with E-state index in [9.17, 15) is 20.2 Å². The highest BCUT2D eigenvalue weighted by atomic mass is 35.5. The minimum absolute atomic E-state index is 0.108. The third-order valence-electron chi connectivity index (χ3n) is 3.52. The van der Waals surface area contributed by atoms with E-state index in [4.69, 9.17) is 20.8 Å². The fourth-order valence-electron chi connectivity index (χ4n) is 2.20. The predicted molar refractivity (Wildman–Crippen MR) is 98.9 cm³/mol. The van der Waals surface area contributed by atoms with E-state index in [1.165, 1.54) is 24.3 Å². The molecule has 27 heavy (non-hydrogen) atoms. The molecule has 0 fully saturated rings. The highest BCUT2D eigenvalue weighted by Crippen LogP contribution is 2.32. The van der Waals surface area contributed by atoms with Gasteiger partial charge in [-0.2, -0.15) is 5.26 Å². The van der Waals surface area contributed by atoms with Gasteiger partial charge in [-0.05, 0) is 24.6 Å². The second kappa shape index (κ2) is 9.52. The summed E-state index contributed by atoms with van der Waals surface area (Å²) in [5.41, 5.74) is 0.222. The van der Waals surface area contributed by atoms with Crippen molar-refractivity contribution < 1.29 is 18.9 Å². The molecule has 0 aliphatic rings. The molecule has 2 aromatic rings. The number of nitrogens with zero attached hydrogens (tertiary/aromatic N) is 2. The highest BCUT2D eigenvalue weighted by Gasteiger charge is 2.14. The maximum atomic E-state index is 12.0. The summed E-state index contributed by atoms with van der Waals surface area (Å²) >= 11 is 6.08. The molecule has 1 N–H and O–H groups in total. The Hall–Kier alpha value is -3.15. The number of non-ortho nitro benzene ring substituents is 1. The fraction of sp³-hybridized carbons (Fsp3) is 0.222. The topological polar surface area (TPSA) is 118 Å². The molecular weight excluding hydrogens is 374 g/mol. The van der Waals surface area contributed by atoms with E-state index in [1.807, 2.05) is 6.07 Å². The Morgan fingerprint density at radius 3 is 2.85 bits per heavy atom. The zero-order chi connectivity index (χ0) is 19.8. The summed E-state index contributed by atoms with van der Waals surface area (Å²) in [5.74, 6) is 0.127. The molecule has 0 saturated heterocycles. The van der Waals surface area contributed by atoms with E-state index in [1.54, 1.807) is 19.2 Å². The summed E-state index contributed by atoms with van der Waals surface area (Å²) < 4.78 is 10.5. The molecule has 1 amide bonds. The predicted octanol–water partition coefficient (Wildman–Crippen LogP) is 3.57. The number of nitro groups is 1. The van der Waals surface area contributed by atoms with Gasteiger partial charge in [-0.25, -0.2) is 0 Å². The van der Waals surface area contributed by atoms with E-state index in [-0.39, 0.29) is 22.0 Å². The quantitative estimate of drug-likeness (QED) is 0.242. The summed E-state index contributed by atoms with van der Waals surface area (Å²) in [5, 5.41) is 22.7. The second-order valence-corrected chi connectivity index (χ2v) is 5.80. The lowest BCUT2D eigenvalue weighted by molar-refractivity contribution is -0.384. The maximum absolute atomic E-state index is 12.0. The molecule has 1 aromatic carbocycles. The first-order valence-corrected chi connectivity index (χ1v) is 8.27. The van der Waals surface area contributed by atoms with Gasteiger partial charge in [0, 0.05) is 44.0 Å². The van der Waals surface area contributed by atoms with Gasteiger partial charge in [0.15, 0.2) is 0 Å². The monoisotopic (exact) mass is 389 g/mol. The van der Waals surface area contributed by atoms with Gasteiger partial charge in [-0.3, -0.25) is 14.9 Å². The van der Waals surface area contributed by atoms with Crippen molar-refractivity contribution in [1.82, 2.24) is 5.32 Å². The third-order valence-corrected chi connectivity index (χ3v) is 3.83. The molecule has 0 atom stereocenters. The lowest BCUT2D eigenvalue weighted by Gasteiger charge is -2.03. The Morgan fingerprint density at radius 2 is 2.22 bits per heavy atom. The van der Waals surface area contributed by atoms with Crippen molar-refractivity contribution >= 4 is 29.3 Å². The Kier molecular flexibility index (Phi) is 7.11. The van der Waals surface area contributed by atoms with Crippen LogP contribution in [0, 0.1) is 21.4 Å². The molecular formula is C18H16ClN3O5. The molecule has 8 nitrogen and oxygen atoms in total. The summed E-state index contributed by atoms with van der Waals surface area (Å²) in [6.45, 7) is 0.886. The summed E-state index contributed by atoms with van der Waals surface area (Å²) in [7, 11) is 1.56. The van der Waals surface area contributed by atoms with Crippen molar-refractivity contribution in [2.45, 2.75) is 6.42 Å². The summed E-state index contributed by atoms with van der Waals surface area (Å²) in [4.78, 5) is 22.2. The first-order valence-electron chi connectivity index (χ1n) is 7.89. The van der Waals surface area contributed by atoms with Gasteiger partial charge < -0.3 is 14.5 Å². The van der Waals surface area contributed by atoms with E-state index in [0.29, 0.717) is 30.9 Å². The Morgan fingerprint density at radius 1 is 1.44 bits per heavy atom. The number of ether oxygens (including phenoxy) is 1. The summed E-state index contributed by atoms with van der Waals surface area (Å²) in [6.07, 6.45) is 1.94. The van der Waals surface area contributed by atoms with Gasteiger partial charge in [-0.1, -0.05) is 11.6 Å². The molecule has 0 spiro atoms. The van der Waals surface area contributed by atoms with Crippen LogP contribution in [0.5, 0.6) is 0 Å². The molecule has 0 aliphatic carbocycles. The highest BCUT2D eigenvalue weighted by molar-refractivity contribution is 6.33. The van der Waals surface area contributed by atoms with Crippen LogP contribution in [0.25, 0.3) is 17.4 Å². The first kappa shape index (κ1) is 20.2. The van der Waals surface area contributed by atoms with Crippen molar-refractivity contribution in [2.75, 3.05) is 20.3 Å². The summed E-state index contributed by atoms with van der Waals surface area (Å²) in [6, 6.07) is 9.01. The average Bonchev–Trinajstić information content (AvgIpc) is 3.11. The number of hydrogen-bond acceptors (Lipinski definition) is 6. The third kappa shape index (κ3) is 5.41. The van der Waals surface area contributed by atoms with Gasteiger partial charge in [0.1, 0.15) is 23.2 Å². The zero-order valence-electron chi connectivity index (χ0n) is 14.4. The number of halogens is 1. The second-order valence-electron chi connectivity index (χ2n) is 5.40. The number of benzene rings is 1. The van der Waals surface area contributed by atoms with Gasteiger partial charge in [-0.15, -0.1) is 0 Å². The van der Waals surface area contributed by atoms with E-state index in [2.05, 4.69) is 5.32 Å². The van der Waals surface area contributed by atoms with Crippen molar-refractivity contribution in [3.63, 3.8) is 0 Å². The zero-order valence-corrected chi connectivity index (χ0v) is 15.2. The fourth-order valence-corrected chi connectivity index (χ4v) is 2.46. The molecule has 0 aliphatic heterocycles. The van der Waals surface area contributed by atoms with Crippen molar-refractivity contribution in [3.8, 4) is 17.4 Å². The first-order chi connectivity index (χ1) is 13.0. The van der Waals surface area contributed by atoms with Crippen LogP contribution in [-0.2, 0) is 9.53 Å². The number of nitriles is 1. The Labute approximate surface area is 160 Å². The smallest absolute Gasteiger partial charge is 0.270 e. The number of furan rings is 1. The molecule has 2 rings (SSSR count). The number of nitro benzene ring substituents is 1. The largest absolute Gasteiger partial charge is 0.457 e. The average molecular weight is 390 g/mol. The molecule has 9 heteroatoms. The molecule has 140 valence electrons. The molecule has 0 saturated carbocycles. The lowest BCUT2D eigenvalue weighted by atomic mass is 10.1. The molecule has 1 heterocycles. The number of carbonyl (C=O) groups is 1. The van der Waals surface area contributed by atoms with Gasteiger partial charge in [0.2, 0.25) is 0 Å². The van der Waals surface area contributed by atoms with E-state index < -0.39 is 10.8 Å². The molecule has 0 bridgehead atoms. The molecule has 0 radical (unpaired) electrons. The number of amides is 1. The minimum Gasteiger partial charge on any atom is -0.457 e. The normalized spacial score (nSPS) is 11.1. The van der Waals surface area contributed by atoms with Crippen LogP contribution in [-0.4, -0.2) is 31.1 Å². The van der Waals surface area contributed by atoms with Crippen LogP contribution in [0.2, 0.25) is 5.02 Å². The molecule has 0 unspecified atom stereocenters. The van der Waals surface area contributed by atoms with Gasteiger partial charge in [0.05, 0.1) is 9.95 Å². The van der Waals surface area contributed by atoms with Gasteiger partial charge in [0.25, 0.3) is 11.6 Å². The van der Waals surface area contributed by atoms with Crippen LogP contribution in [0.15, 0.2) is 40.3 Å². The Bertz CT molecular complexity index is 914. The molecule has 1 aromatic heterocycles. The SMILES string of the molecule is COCCCNC(=O)/C(C#N)=C/c1ccc(-c2ccc([N+](=O)[O-])cc2Cl)o1. The number of rotatable bonds is 8. The number of hydrogen-bond donors (Lipinski definition) is 1. The van der Waals surface area contributed by atoms with E-state index in [0.717, 1.165) is 0 Å². The van der Waals surface area contributed by atoms with Crippen LogP contribution >= 0.6 is 11.6 Å². The lowest BCUT2D eigenvalue weighted by Crippen LogP contribution is -2.26. The Balaban J connectivity index is 2.16. The standard InChI is InChI=1S/C18H16ClN3O5/c1-26-8-2-7-21-18(23)12(11-20)9-14-4-6-17(27-14)15-5-3-13(22(24)25)10-16(15)19/h3-6,9-10H,2,7-8H2,1H3,(H,21,23)/b12-9+. The van der Waals surface area contributed by atoms with Crippen LogP contribution in [0.4, 0.5) is 5.69 Å². The van der Waals surface area contributed by atoms with Crippen molar-refractivity contribution in [1.29, 1.82) is 5.26 Å². The van der Waals surface area contributed by atoms with Crippen LogP contribution in [0.1, 0.15) is 12.2 Å². The van der Waals surface area contributed by atoms with Crippen molar-refractivity contribution in [3.05, 3.63) is 56.8 Å². The van der Waals surface area contributed by atoms with E-state index >= 15 is 0 Å². The van der Waals surface area contributed by atoms with Crippen LogP contribution in [0.3, 0.4) is 0 Å². The maximum Gasteiger partial charge on any atom is 0.270 e. The number of methoxy groups -OCH3 is 1. The number of nitrogens with one attached hydrogen (secondary N) is 1. The number of carbonyl (C=O) groups excluding carboxylic acids is 1. The minimum atomic E-state index is -0.545. The van der Waals surface area contributed by atoms with Crippen LogP contribution < -0.4 is 5.32 Å².